The molecular weight excluding hydrogens is 348 g/mol. The number of amides is 1. The lowest BCUT2D eigenvalue weighted by atomic mass is 10.1. The van der Waals surface area contributed by atoms with Gasteiger partial charge in [-0.3, -0.25) is 14.9 Å². The highest BCUT2D eigenvalue weighted by atomic mass is 16.6. The van der Waals surface area contributed by atoms with E-state index in [1.807, 2.05) is 6.07 Å². The first kappa shape index (κ1) is 19.9. The van der Waals surface area contributed by atoms with Gasteiger partial charge in [-0.1, -0.05) is 12.1 Å². The summed E-state index contributed by atoms with van der Waals surface area (Å²) in [5.41, 5.74) is 1.80. The van der Waals surface area contributed by atoms with Gasteiger partial charge in [-0.2, -0.15) is 5.26 Å². The second-order valence-corrected chi connectivity index (χ2v) is 5.88. The summed E-state index contributed by atoms with van der Waals surface area (Å²) >= 11 is 0. The van der Waals surface area contributed by atoms with E-state index in [4.69, 9.17) is 10.00 Å². The minimum atomic E-state index is -0.521. The number of nitriles is 1. The SMILES string of the molecule is COCCNc1ccc(C(=O)N(C)Cc2ccc(C#N)cc2)cc1[N+](=O)[O-]. The van der Waals surface area contributed by atoms with E-state index in [1.165, 1.54) is 17.0 Å². The summed E-state index contributed by atoms with van der Waals surface area (Å²) in [4.78, 5) is 24.9. The number of carbonyl (C=O) groups excluding carboxylic acids is 1. The van der Waals surface area contributed by atoms with Crippen LogP contribution >= 0.6 is 0 Å². The second kappa shape index (κ2) is 9.31. The van der Waals surface area contributed by atoms with E-state index in [1.54, 1.807) is 44.5 Å². The van der Waals surface area contributed by atoms with Crippen LogP contribution in [-0.4, -0.2) is 43.0 Å². The maximum Gasteiger partial charge on any atom is 0.293 e. The van der Waals surface area contributed by atoms with E-state index in [2.05, 4.69) is 5.32 Å². The minimum Gasteiger partial charge on any atom is -0.383 e. The Hall–Kier alpha value is -3.44. The monoisotopic (exact) mass is 368 g/mol. The van der Waals surface area contributed by atoms with Gasteiger partial charge >= 0.3 is 0 Å². The predicted octanol–water partition coefficient (Wildman–Crippen LogP) is 2.80. The van der Waals surface area contributed by atoms with Crippen LogP contribution < -0.4 is 5.32 Å². The molecule has 0 spiro atoms. The van der Waals surface area contributed by atoms with Crippen LogP contribution in [0.15, 0.2) is 42.5 Å². The molecule has 27 heavy (non-hydrogen) atoms. The lowest BCUT2D eigenvalue weighted by molar-refractivity contribution is -0.384. The van der Waals surface area contributed by atoms with Crippen LogP contribution in [0.2, 0.25) is 0 Å². The van der Waals surface area contributed by atoms with E-state index < -0.39 is 4.92 Å². The zero-order valence-electron chi connectivity index (χ0n) is 15.1. The highest BCUT2D eigenvalue weighted by molar-refractivity contribution is 5.95. The number of carbonyl (C=O) groups is 1. The Morgan fingerprint density at radius 1 is 1.30 bits per heavy atom. The fourth-order valence-electron chi connectivity index (χ4n) is 2.50. The highest BCUT2D eigenvalue weighted by Crippen LogP contribution is 2.26. The molecule has 0 heterocycles. The van der Waals surface area contributed by atoms with Crippen LogP contribution in [0, 0.1) is 21.4 Å². The van der Waals surface area contributed by atoms with Crippen molar-refractivity contribution in [3.05, 3.63) is 69.3 Å². The molecule has 0 aliphatic heterocycles. The second-order valence-electron chi connectivity index (χ2n) is 5.88. The Morgan fingerprint density at radius 3 is 2.59 bits per heavy atom. The summed E-state index contributed by atoms with van der Waals surface area (Å²) in [5, 5.41) is 23.1. The number of hydrogen-bond acceptors (Lipinski definition) is 6. The molecule has 0 atom stereocenters. The average molecular weight is 368 g/mol. The number of methoxy groups -OCH3 is 1. The minimum absolute atomic E-state index is 0.163. The van der Waals surface area contributed by atoms with Crippen LogP contribution in [0.3, 0.4) is 0 Å². The third kappa shape index (κ3) is 5.26. The fraction of sp³-hybridized carbons (Fsp3) is 0.263. The van der Waals surface area contributed by atoms with E-state index in [-0.39, 0.29) is 17.2 Å². The molecule has 0 fully saturated rings. The average Bonchev–Trinajstić information content (AvgIpc) is 2.68. The molecule has 140 valence electrons. The largest absolute Gasteiger partial charge is 0.383 e. The molecule has 0 aliphatic rings. The zero-order chi connectivity index (χ0) is 19.8. The van der Waals surface area contributed by atoms with Gasteiger partial charge in [0.2, 0.25) is 0 Å². The van der Waals surface area contributed by atoms with Crippen LogP contribution in [-0.2, 0) is 11.3 Å². The summed E-state index contributed by atoms with van der Waals surface area (Å²) in [5.74, 6) is -0.328. The number of nitro groups is 1. The van der Waals surface area contributed by atoms with Crippen LogP contribution in [0.5, 0.6) is 0 Å². The number of ether oxygens (including phenoxy) is 1. The van der Waals surface area contributed by atoms with Gasteiger partial charge in [0.25, 0.3) is 11.6 Å². The van der Waals surface area contributed by atoms with Gasteiger partial charge in [0.15, 0.2) is 0 Å². The number of nitrogens with one attached hydrogen (secondary N) is 1. The highest BCUT2D eigenvalue weighted by Gasteiger charge is 2.19. The first-order chi connectivity index (χ1) is 13.0. The van der Waals surface area contributed by atoms with Crippen molar-refractivity contribution in [1.29, 1.82) is 5.26 Å². The van der Waals surface area contributed by atoms with E-state index in [9.17, 15) is 14.9 Å². The van der Waals surface area contributed by atoms with E-state index >= 15 is 0 Å². The fourth-order valence-corrected chi connectivity index (χ4v) is 2.50. The number of anilines is 1. The van der Waals surface area contributed by atoms with Crippen molar-refractivity contribution in [3.63, 3.8) is 0 Å². The molecule has 0 unspecified atom stereocenters. The van der Waals surface area contributed by atoms with Crippen molar-refractivity contribution in [1.82, 2.24) is 4.90 Å². The topological polar surface area (TPSA) is 108 Å². The number of rotatable bonds is 8. The Labute approximate surface area is 157 Å². The normalized spacial score (nSPS) is 10.1. The summed E-state index contributed by atoms with van der Waals surface area (Å²) in [6.45, 7) is 1.15. The van der Waals surface area contributed by atoms with Crippen molar-refractivity contribution in [3.8, 4) is 6.07 Å². The molecule has 8 nitrogen and oxygen atoms in total. The number of hydrogen-bond donors (Lipinski definition) is 1. The first-order valence-corrected chi connectivity index (χ1v) is 8.22. The Bertz CT molecular complexity index is 859. The van der Waals surface area contributed by atoms with E-state index in [0.717, 1.165) is 5.56 Å². The molecule has 2 aromatic carbocycles. The van der Waals surface area contributed by atoms with Crippen molar-refractivity contribution in [2.75, 3.05) is 32.6 Å². The summed E-state index contributed by atoms with van der Waals surface area (Å²) in [6, 6.07) is 13.3. The first-order valence-electron chi connectivity index (χ1n) is 8.22. The molecule has 1 amide bonds. The quantitative estimate of drug-likeness (QED) is 0.436. The number of nitro benzene ring substituents is 1. The van der Waals surface area contributed by atoms with Crippen LogP contribution in [0.25, 0.3) is 0 Å². The van der Waals surface area contributed by atoms with Crippen molar-refractivity contribution in [2.24, 2.45) is 0 Å². The lowest BCUT2D eigenvalue weighted by Crippen LogP contribution is -2.26. The molecule has 2 aromatic rings. The molecule has 0 bridgehead atoms. The van der Waals surface area contributed by atoms with Gasteiger partial charge in [-0.05, 0) is 29.8 Å². The predicted molar refractivity (Wildman–Crippen MR) is 100 cm³/mol. The summed E-state index contributed by atoms with van der Waals surface area (Å²) < 4.78 is 4.92. The number of benzene rings is 2. The molecule has 0 saturated heterocycles. The molecular formula is C19H20N4O4. The van der Waals surface area contributed by atoms with Gasteiger partial charge in [0.1, 0.15) is 5.69 Å². The van der Waals surface area contributed by atoms with Gasteiger partial charge in [0.05, 0.1) is 23.2 Å². The maximum absolute atomic E-state index is 12.6. The Kier molecular flexibility index (Phi) is 6.86. The standard InChI is InChI=1S/C19H20N4O4/c1-22(13-15-5-3-14(12-20)4-6-15)19(24)16-7-8-17(21-9-10-27-2)18(11-16)23(25)26/h3-8,11,21H,9-10,13H2,1-2H3. The molecule has 0 aromatic heterocycles. The third-order valence-corrected chi connectivity index (χ3v) is 3.91. The Balaban J connectivity index is 2.15. The molecule has 0 aliphatic carbocycles. The lowest BCUT2D eigenvalue weighted by Gasteiger charge is -2.18. The van der Waals surface area contributed by atoms with Crippen LogP contribution in [0.1, 0.15) is 21.5 Å². The Morgan fingerprint density at radius 2 is 2.00 bits per heavy atom. The van der Waals surface area contributed by atoms with Gasteiger partial charge < -0.3 is 15.0 Å². The molecule has 0 saturated carbocycles. The summed E-state index contributed by atoms with van der Waals surface area (Å²) in [7, 11) is 3.17. The van der Waals surface area contributed by atoms with Gasteiger partial charge in [-0.15, -0.1) is 0 Å². The molecule has 1 N–H and O–H groups in total. The van der Waals surface area contributed by atoms with Crippen molar-refractivity contribution >= 4 is 17.3 Å². The molecule has 0 radical (unpaired) electrons. The molecule has 8 heteroatoms. The van der Waals surface area contributed by atoms with Gasteiger partial charge in [-0.25, -0.2) is 0 Å². The summed E-state index contributed by atoms with van der Waals surface area (Å²) in [6.07, 6.45) is 0. The maximum atomic E-state index is 12.6. The van der Waals surface area contributed by atoms with Crippen molar-refractivity contribution < 1.29 is 14.5 Å². The van der Waals surface area contributed by atoms with Crippen molar-refractivity contribution in [2.45, 2.75) is 6.54 Å². The zero-order valence-corrected chi connectivity index (χ0v) is 15.1. The third-order valence-electron chi connectivity index (χ3n) is 3.91. The number of nitrogens with zero attached hydrogens (tertiary/aromatic N) is 3. The van der Waals surface area contributed by atoms with Crippen LogP contribution in [0.4, 0.5) is 11.4 Å². The van der Waals surface area contributed by atoms with Gasteiger partial charge in [0, 0.05) is 38.9 Å². The molecule has 2 rings (SSSR count). The van der Waals surface area contributed by atoms with E-state index in [0.29, 0.717) is 30.9 Å². The smallest absolute Gasteiger partial charge is 0.293 e.